The highest BCUT2D eigenvalue weighted by molar-refractivity contribution is 5.84. The van der Waals surface area contributed by atoms with E-state index in [-0.39, 0.29) is 30.2 Å². The Bertz CT molecular complexity index is 500. The lowest BCUT2D eigenvalue weighted by atomic mass is 9.81. The maximum atomic E-state index is 12.0. The van der Waals surface area contributed by atoms with E-state index in [2.05, 4.69) is 4.98 Å². The van der Waals surface area contributed by atoms with Crippen LogP contribution in [0, 0.1) is 11.8 Å². The van der Waals surface area contributed by atoms with Gasteiger partial charge in [0.25, 0.3) is 0 Å². The van der Waals surface area contributed by atoms with Gasteiger partial charge in [0, 0.05) is 24.6 Å². The van der Waals surface area contributed by atoms with Crippen LogP contribution >= 0.6 is 0 Å². The van der Waals surface area contributed by atoms with Crippen LogP contribution in [0.25, 0.3) is 0 Å². The number of hydrogen-bond acceptors (Lipinski definition) is 5. The second kappa shape index (κ2) is 6.50. The predicted molar refractivity (Wildman–Crippen MR) is 72.1 cm³/mol. The molecule has 1 aromatic rings. The van der Waals surface area contributed by atoms with E-state index < -0.39 is 0 Å². The van der Waals surface area contributed by atoms with Gasteiger partial charge in [0.1, 0.15) is 18.1 Å². The fourth-order valence-electron chi connectivity index (χ4n) is 2.38. The van der Waals surface area contributed by atoms with E-state index in [9.17, 15) is 9.59 Å². The second-order valence-electron chi connectivity index (χ2n) is 5.13. The molecule has 0 amide bonds. The Hall–Kier alpha value is -1.91. The molecule has 1 aromatic heterocycles. The summed E-state index contributed by atoms with van der Waals surface area (Å²) in [6.45, 7) is 2.00. The molecule has 5 heteroatoms. The summed E-state index contributed by atoms with van der Waals surface area (Å²) in [7, 11) is 1.57. The largest absolute Gasteiger partial charge is 0.497 e. The Morgan fingerprint density at radius 3 is 3.00 bits per heavy atom. The third-order valence-electron chi connectivity index (χ3n) is 3.65. The molecule has 108 valence electrons. The molecule has 1 heterocycles. The SMILES string of the molecule is COc1ccnc(COC(=O)[C@@H]2CCC(=O)[C@@H](C)C2)c1. The molecule has 0 aliphatic heterocycles. The van der Waals surface area contributed by atoms with Gasteiger partial charge in [-0.05, 0) is 18.9 Å². The third kappa shape index (κ3) is 3.56. The molecule has 2 atom stereocenters. The van der Waals surface area contributed by atoms with Gasteiger partial charge in [-0.25, -0.2) is 0 Å². The monoisotopic (exact) mass is 277 g/mol. The van der Waals surface area contributed by atoms with Gasteiger partial charge in [0.15, 0.2) is 0 Å². The van der Waals surface area contributed by atoms with Crippen molar-refractivity contribution in [2.45, 2.75) is 32.8 Å². The lowest BCUT2D eigenvalue weighted by Gasteiger charge is -2.24. The van der Waals surface area contributed by atoms with Crippen LogP contribution < -0.4 is 4.74 Å². The fraction of sp³-hybridized carbons (Fsp3) is 0.533. The molecule has 1 fully saturated rings. The Morgan fingerprint density at radius 2 is 2.30 bits per heavy atom. The van der Waals surface area contributed by atoms with Crippen LogP contribution in [0.2, 0.25) is 0 Å². The summed E-state index contributed by atoms with van der Waals surface area (Å²) in [5.41, 5.74) is 0.651. The lowest BCUT2D eigenvalue weighted by Crippen LogP contribution is -2.28. The minimum absolute atomic E-state index is 0.0451. The topological polar surface area (TPSA) is 65.5 Å². The first kappa shape index (κ1) is 14.5. The summed E-state index contributed by atoms with van der Waals surface area (Å²) in [6.07, 6.45) is 3.26. The van der Waals surface area contributed by atoms with Crippen molar-refractivity contribution < 1.29 is 19.1 Å². The van der Waals surface area contributed by atoms with Crippen molar-refractivity contribution in [3.8, 4) is 5.75 Å². The number of ketones is 1. The molecule has 0 unspecified atom stereocenters. The zero-order valence-corrected chi connectivity index (χ0v) is 11.8. The Morgan fingerprint density at radius 1 is 1.50 bits per heavy atom. The Kier molecular flexibility index (Phi) is 4.71. The summed E-state index contributed by atoms with van der Waals surface area (Å²) in [6, 6.07) is 3.47. The Labute approximate surface area is 118 Å². The zero-order chi connectivity index (χ0) is 14.5. The summed E-state index contributed by atoms with van der Waals surface area (Å²) in [5, 5.41) is 0. The van der Waals surface area contributed by atoms with Crippen LogP contribution in [-0.2, 0) is 20.9 Å². The number of carbonyl (C=O) groups excluding carboxylic acids is 2. The molecule has 0 N–H and O–H groups in total. The van der Waals surface area contributed by atoms with Crippen molar-refractivity contribution in [3.05, 3.63) is 24.0 Å². The van der Waals surface area contributed by atoms with Gasteiger partial charge in [-0.3, -0.25) is 14.6 Å². The number of nitrogens with zero attached hydrogens (tertiary/aromatic N) is 1. The molecular weight excluding hydrogens is 258 g/mol. The average molecular weight is 277 g/mol. The van der Waals surface area contributed by atoms with Crippen molar-refractivity contribution in [1.82, 2.24) is 4.98 Å². The molecule has 2 rings (SSSR count). The van der Waals surface area contributed by atoms with Crippen LogP contribution in [0.4, 0.5) is 0 Å². The highest BCUT2D eigenvalue weighted by Gasteiger charge is 2.30. The lowest BCUT2D eigenvalue weighted by molar-refractivity contribution is -0.152. The van der Waals surface area contributed by atoms with Gasteiger partial charge in [-0.1, -0.05) is 6.92 Å². The number of Topliss-reactive ketones (excluding diaryl/α,β-unsaturated/α-hetero) is 1. The molecule has 1 saturated carbocycles. The molecule has 0 saturated heterocycles. The van der Waals surface area contributed by atoms with Gasteiger partial charge in [0.05, 0.1) is 18.7 Å². The molecule has 5 nitrogen and oxygen atoms in total. The highest BCUT2D eigenvalue weighted by Crippen LogP contribution is 2.27. The summed E-state index contributed by atoms with van der Waals surface area (Å²) in [4.78, 5) is 27.5. The van der Waals surface area contributed by atoms with Gasteiger partial charge in [-0.2, -0.15) is 0 Å². The van der Waals surface area contributed by atoms with Crippen LogP contribution in [0.3, 0.4) is 0 Å². The van der Waals surface area contributed by atoms with Crippen molar-refractivity contribution in [2.24, 2.45) is 11.8 Å². The number of esters is 1. The summed E-state index contributed by atoms with van der Waals surface area (Å²) in [5.74, 6) is 0.463. The maximum absolute atomic E-state index is 12.0. The van der Waals surface area contributed by atoms with Gasteiger partial charge < -0.3 is 9.47 Å². The van der Waals surface area contributed by atoms with E-state index in [1.54, 1.807) is 25.4 Å². The molecule has 0 aromatic carbocycles. The smallest absolute Gasteiger partial charge is 0.309 e. The standard InChI is InChI=1S/C15H19NO4/c1-10-7-11(3-4-14(10)17)15(18)20-9-12-8-13(19-2)5-6-16-12/h5-6,8,10-11H,3-4,7,9H2,1-2H3/t10-,11+/m0/s1. The molecule has 0 bridgehead atoms. The van der Waals surface area contributed by atoms with E-state index in [1.807, 2.05) is 6.92 Å². The fourth-order valence-corrected chi connectivity index (χ4v) is 2.38. The van der Waals surface area contributed by atoms with Gasteiger partial charge >= 0.3 is 5.97 Å². The number of aromatic nitrogens is 1. The summed E-state index contributed by atoms with van der Waals surface area (Å²) >= 11 is 0. The first-order valence-corrected chi connectivity index (χ1v) is 6.78. The molecule has 1 aliphatic rings. The number of rotatable bonds is 4. The predicted octanol–water partition coefficient (Wildman–Crippen LogP) is 2.14. The normalized spacial score (nSPS) is 22.4. The highest BCUT2D eigenvalue weighted by atomic mass is 16.5. The molecule has 0 radical (unpaired) electrons. The van der Waals surface area contributed by atoms with E-state index >= 15 is 0 Å². The maximum Gasteiger partial charge on any atom is 0.309 e. The second-order valence-corrected chi connectivity index (χ2v) is 5.13. The molecule has 20 heavy (non-hydrogen) atoms. The van der Waals surface area contributed by atoms with Crippen LogP contribution in [0.5, 0.6) is 5.75 Å². The number of pyridine rings is 1. The van der Waals surface area contributed by atoms with Crippen LogP contribution in [0.15, 0.2) is 18.3 Å². The van der Waals surface area contributed by atoms with Crippen LogP contribution in [-0.4, -0.2) is 23.8 Å². The molecule has 0 spiro atoms. The molecule has 1 aliphatic carbocycles. The van der Waals surface area contributed by atoms with Crippen molar-refractivity contribution in [3.63, 3.8) is 0 Å². The number of methoxy groups -OCH3 is 1. The first-order chi connectivity index (χ1) is 9.60. The summed E-state index contributed by atoms with van der Waals surface area (Å²) < 4.78 is 10.4. The quantitative estimate of drug-likeness (QED) is 0.789. The van der Waals surface area contributed by atoms with E-state index in [0.717, 1.165) is 0 Å². The van der Waals surface area contributed by atoms with Crippen molar-refractivity contribution in [1.29, 1.82) is 0 Å². The number of hydrogen-bond donors (Lipinski definition) is 0. The van der Waals surface area contributed by atoms with Crippen molar-refractivity contribution in [2.75, 3.05) is 7.11 Å². The minimum atomic E-state index is -0.242. The van der Waals surface area contributed by atoms with Crippen LogP contribution in [0.1, 0.15) is 31.9 Å². The zero-order valence-electron chi connectivity index (χ0n) is 11.8. The van der Waals surface area contributed by atoms with Gasteiger partial charge in [0.2, 0.25) is 0 Å². The minimum Gasteiger partial charge on any atom is -0.497 e. The van der Waals surface area contributed by atoms with Crippen molar-refractivity contribution >= 4 is 11.8 Å². The first-order valence-electron chi connectivity index (χ1n) is 6.78. The molecular formula is C15H19NO4. The third-order valence-corrected chi connectivity index (χ3v) is 3.65. The van der Waals surface area contributed by atoms with E-state index in [4.69, 9.17) is 9.47 Å². The van der Waals surface area contributed by atoms with E-state index in [0.29, 0.717) is 30.7 Å². The number of ether oxygens (including phenoxy) is 2. The Balaban J connectivity index is 1.87. The number of carbonyl (C=O) groups is 2. The van der Waals surface area contributed by atoms with E-state index in [1.165, 1.54) is 0 Å². The van der Waals surface area contributed by atoms with Gasteiger partial charge in [-0.15, -0.1) is 0 Å². The average Bonchev–Trinajstić information content (AvgIpc) is 2.47.